The van der Waals surface area contributed by atoms with Gasteiger partial charge in [-0.05, 0) is 89.4 Å². The third kappa shape index (κ3) is 11.3. The average molecular weight is 680 g/mol. The number of hydrogen-bond donors (Lipinski definition) is 4. The van der Waals surface area contributed by atoms with E-state index in [2.05, 4.69) is 16.0 Å². The van der Waals surface area contributed by atoms with Crippen LogP contribution in [0, 0.1) is 5.92 Å². The minimum atomic E-state index is -4.49. The van der Waals surface area contributed by atoms with E-state index < -0.39 is 41.9 Å². The fraction of sp³-hybridized carbons (Fsp3) is 0.559. The number of anilines is 2. The normalized spacial score (nSPS) is 20.2. The molecule has 0 aromatic heterocycles. The first-order valence-corrected chi connectivity index (χ1v) is 16.2. The van der Waals surface area contributed by atoms with Crippen molar-refractivity contribution in [2.45, 2.75) is 84.3 Å². The summed E-state index contributed by atoms with van der Waals surface area (Å²) in [5.41, 5.74) is 0.00189. The van der Waals surface area contributed by atoms with Crippen molar-refractivity contribution in [3.05, 3.63) is 53.6 Å². The minimum absolute atomic E-state index is 0.0967. The van der Waals surface area contributed by atoms with Crippen LogP contribution in [0.25, 0.3) is 0 Å². The van der Waals surface area contributed by atoms with Crippen LogP contribution >= 0.6 is 0 Å². The molecule has 4 atom stereocenters. The maximum Gasteiger partial charge on any atom is 0.416 e. The second kappa shape index (κ2) is 17.4. The van der Waals surface area contributed by atoms with Crippen molar-refractivity contribution in [3.8, 4) is 5.75 Å². The molecule has 3 rings (SSSR count). The van der Waals surface area contributed by atoms with Gasteiger partial charge in [-0.25, -0.2) is 9.59 Å². The molecule has 14 heteroatoms. The van der Waals surface area contributed by atoms with Crippen molar-refractivity contribution in [3.63, 3.8) is 0 Å². The topological polar surface area (TPSA) is 132 Å². The maximum absolute atomic E-state index is 14.2. The maximum atomic E-state index is 14.2. The summed E-state index contributed by atoms with van der Waals surface area (Å²) in [7, 11) is 1.55. The summed E-state index contributed by atoms with van der Waals surface area (Å²) < 4.78 is 51.4. The zero-order valence-corrected chi connectivity index (χ0v) is 28.4. The van der Waals surface area contributed by atoms with Crippen molar-refractivity contribution < 1.29 is 42.1 Å². The Hall–Kier alpha value is -4.04. The van der Waals surface area contributed by atoms with Crippen molar-refractivity contribution >= 4 is 29.3 Å². The molecular weight excluding hydrogens is 631 g/mol. The van der Waals surface area contributed by atoms with E-state index in [0.717, 1.165) is 25.0 Å². The Kier molecular flexibility index (Phi) is 13.9. The highest BCUT2D eigenvalue weighted by atomic mass is 19.4. The van der Waals surface area contributed by atoms with E-state index in [4.69, 9.17) is 9.47 Å². The molecule has 1 heterocycles. The zero-order chi connectivity index (χ0) is 35.6. The standard InChI is InChI=1S/C34H48F3N5O6/c1-21(2)38-32(45)39-27-14-15-29-28(17-27)31(44)42(23(4)20-43)18-22(3)30(47-16-8-7-9-24(5)48-29)19-41(6)33(46)40-26-12-10-25(11-13-26)34(35,36)37/h10-15,17,21-24,30,43H,7-9,16,18-20H2,1-6H3,(H,40,46)(H2,38,39,45)/t22-,23-,24-,30+/m1/s1. The quantitative estimate of drug-likeness (QED) is 0.276. The Morgan fingerprint density at radius 2 is 1.71 bits per heavy atom. The number of nitrogens with zero attached hydrogens (tertiary/aromatic N) is 2. The molecule has 0 saturated carbocycles. The van der Waals surface area contributed by atoms with Gasteiger partial charge in [-0.1, -0.05) is 6.92 Å². The van der Waals surface area contributed by atoms with Crippen LogP contribution in [0.4, 0.5) is 34.1 Å². The molecule has 0 fully saturated rings. The number of aliphatic hydroxyl groups excluding tert-OH is 1. The molecule has 4 N–H and O–H groups in total. The Morgan fingerprint density at radius 3 is 2.33 bits per heavy atom. The zero-order valence-electron chi connectivity index (χ0n) is 28.4. The number of carbonyl (C=O) groups is 3. The molecule has 0 radical (unpaired) electrons. The molecule has 11 nitrogen and oxygen atoms in total. The second-order valence-electron chi connectivity index (χ2n) is 12.6. The summed E-state index contributed by atoms with van der Waals surface area (Å²) in [6.45, 7) is 9.52. The number of amides is 5. The molecule has 1 aliphatic heterocycles. The Labute approximate surface area is 280 Å². The predicted molar refractivity (Wildman–Crippen MR) is 177 cm³/mol. The van der Waals surface area contributed by atoms with E-state index in [1.165, 1.54) is 21.9 Å². The van der Waals surface area contributed by atoms with E-state index in [1.54, 1.807) is 32.2 Å². The van der Waals surface area contributed by atoms with Crippen molar-refractivity contribution in [2.24, 2.45) is 5.92 Å². The number of aliphatic hydroxyl groups is 1. The largest absolute Gasteiger partial charge is 0.490 e. The van der Waals surface area contributed by atoms with Crippen molar-refractivity contribution in [1.29, 1.82) is 0 Å². The van der Waals surface area contributed by atoms with Crippen LogP contribution in [-0.4, -0.2) is 90.5 Å². The molecule has 0 unspecified atom stereocenters. The number of urea groups is 2. The van der Waals surface area contributed by atoms with Gasteiger partial charge in [0.1, 0.15) is 5.75 Å². The summed E-state index contributed by atoms with van der Waals surface area (Å²) >= 11 is 0. The lowest BCUT2D eigenvalue weighted by Gasteiger charge is -2.35. The van der Waals surface area contributed by atoms with E-state index >= 15 is 0 Å². The first-order chi connectivity index (χ1) is 22.6. The Balaban J connectivity index is 1.86. The highest BCUT2D eigenvalue weighted by Gasteiger charge is 2.32. The number of rotatable bonds is 7. The fourth-order valence-corrected chi connectivity index (χ4v) is 5.21. The molecule has 0 aliphatic carbocycles. The molecular formula is C34H48F3N5O6. The summed E-state index contributed by atoms with van der Waals surface area (Å²) in [6, 6.07) is 7.40. The van der Waals surface area contributed by atoms with Gasteiger partial charge in [-0.15, -0.1) is 0 Å². The number of ether oxygens (including phenoxy) is 2. The van der Waals surface area contributed by atoms with Crippen LogP contribution < -0.4 is 20.7 Å². The summed E-state index contributed by atoms with van der Waals surface area (Å²) in [6.07, 6.45) is -3.08. The lowest BCUT2D eigenvalue weighted by atomic mass is 10.0. The molecule has 2 aromatic carbocycles. The van der Waals surface area contributed by atoms with Gasteiger partial charge in [0.25, 0.3) is 5.91 Å². The monoisotopic (exact) mass is 679 g/mol. The van der Waals surface area contributed by atoms with E-state index in [0.29, 0.717) is 24.5 Å². The lowest BCUT2D eigenvalue weighted by molar-refractivity contribution is -0.137. The van der Waals surface area contributed by atoms with Gasteiger partial charge in [-0.3, -0.25) is 4.79 Å². The average Bonchev–Trinajstić information content (AvgIpc) is 3.01. The first kappa shape index (κ1) is 38.4. The fourth-order valence-electron chi connectivity index (χ4n) is 5.21. The van der Waals surface area contributed by atoms with Gasteiger partial charge in [0, 0.05) is 50.1 Å². The SMILES string of the molecule is CC(C)NC(=O)Nc1ccc2c(c1)C(=O)N([C@H](C)CO)C[C@@H](C)[C@H](CN(C)C(=O)Nc1ccc(C(F)(F)F)cc1)OCCCC[C@@H](C)O2. The van der Waals surface area contributed by atoms with Crippen LogP contribution in [0.1, 0.15) is 69.8 Å². The number of alkyl halides is 3. The molecule has 0 bridgehead atoms. The number of benzene rings is 2. The second-order valence-corrected chi connectivity index (χ2v) is 12.6. The molecule has 0 spiro atoms. The molecule has 2 aromatic rings. The van der Waals surface area contributed by atoms with E-state index in [9.17, 15) is 32.7 Å². The third-order valence-corrected chi connectivity index (χ3v) is 7.99. The number of likely N-dealkylation sites (N-methyl/N-ethyl adjacent to an activating group) is 1. The van der Waals surface area contributed by atoms with Crippen molar-refractivity contribution in [1.82, 2.24) is 15.1 Å². The molecule has 1 aliphatic rings. The highest BCUT2D eigenvalue weighted by molar-refractivity contribution is 5.99. The number of carbonyl (C=O) groups excluding carboxylic acids is 3. The van der Waals surface area contributed by atoms with Gasteiger partial charge in [0.2, 0.25) is 0 Å². The molecule has 5 amide bonds. The number of nitrogens with one attached hydrogen (secondary N) is 3. The van der Waals surface area contributed by atoms with E-state index in [-0.39, 0.29) is 49.0 Å². The lowest BCUT2D eigenvalue weighted by Crippen LogP contribution is -2.48. The molecule has 266 valence electrons. The van der Waals surface area contributed by atoms with Gasteiger partial charge < -0.3 is 40.3 Å². The van der Waals surface area contributed by atoms with Gasteiger partial charge in [0.05, 0.1) is 36.0 Å². The summed E-state index contributed by atoms with van der Waals surface area (Å²) in [4.78, 5) is 42.6. The van der Waals surface area contributed by atoms with E-state index in [1.807, 2.05) is 27.7 Å². The van der Waals surface area contributed by atoms with Gasteiger partial charge in [0.15, 0.2) is 0 Å². The van der Waals surface area contributed by atoms with Crippen LogP contribution in [0.3, 0.4) is 0 Å². The van der Waals surface area contributed by atoms with Crippen LogP contribution in [-0.2, 0) is 10.9 Å². The minimum Gasteiger partial charge on any atom is -0.490 e. The Bertz CT molecular complexity index is 1370. The van der Waals surface area contributed by atoms with Crippen LogP contribution in [0.5, 0.6) is 5.75 Å². The van der Waals surface area contributed by atoms with Crippen LogP contribution in [0.15, 0.2) is 42.5 Å². The molecule has 48 heavy (non-hydrogen) atoms. The smallest absolute Gasteiger partial charge is 0.416 e. The predicted octanol–water partition coefficient (Wildman–Crippen LogP) is 6.19. The molecule has 0 saturated heterocycles. The third-order valence-electron chi connectivity index (χ3n) is 7.99. The number of halogens is 3. The number of hydrogen-bond acceptors (Lipinski definition) is 6. The Morgan fingerprint density at radius 1 is 1.04 bits per heavy atom. The first-order valence-electron chi connectivity index (χ1n) is 16.2. The number of fused-ring (bicyclic) bond motifs is 1. The van der Waals surface area contributed by atoms with Gasteiger partial charge in [-0.2, -0.15) is 13.2 Å². The van der Waals surface area contributed by atoms with Crippen molar-refractivity contribution in [2.75, 3.05) is 44.0 Å². The summed E-state index contributed by atoms with van der Waals surface area (Å²) in [5, 5.41) is 18.3. The summed E-state index contributed by atoms with van der Waals surface area (Å²) in [5.74, 6) is -0.383. The van der Waals surface area contributed by atoms with Crippen LogP contribution in [0.2, 0.25) is 0 Å². The highest BCUT2D eigenvalue weighted by Crippen LogP contribution is 2.30. The van der Waals surface area contributed by atoms with Gasteiger partial charge >= 0.3 is 18.2 Å².